The van der Waals surface area contributed by atoms with Gasteiger partial charge in [0.15, 0.2) is 0 Å². The number of aromatic nitrogens is 3. The minimum Gasteiger partial charge on any atom is -0.404 e. The Morgan fingerprint density at radius 2 is 1.92 bits per heavy atom. The highest BCUT2D eigenvalue weighted by molar-refractivity contribution is 6.23. The first-order valence-corrected chi connectivity index (χ1v) is 13.1. The summed E-state index contributed by atoms with van der Waals surface area (Å²) in [6.45, 7) is 8.22. The fraction of sp³-hybridized carbons (Fsp3) is 0.310. The predicted octanol–water partition coefficient (Wildman–Crippen LogP) is 3.14. The van der Waals surface area contributed by atoms with Crippen LogP contribution in [0.1, 0.15) is 19.4 Å². The van der Waals surface area contributed by atoms with Gasteiger partial charge in [-0.2, -0.15) is 0 Å². The number of hydrogen-bond acceptors (Lipinski definition) is 10. The maximum absolute atomic E-state index is 8.92. The van der Waals surface area contributed by atoms with Crippen LogP contribution in [0.2, 0.25) is 0 Å². The number of anilines is 2. The van der Waals surface area contributed by atoms with E-state index in [0.29, 0.717) is 29.4 Å². The summed E-state index contributed by atoms with van der Waals surface area (Å²) >= 11 is 0. The molecule has 1 saturated heterocycles. The summed E-state index contributed by atoms with van der Waals surface area (Å²) in [4.78, 5) is 18.2. The molecule has 39 heavy (non-hydrogen) atoms. The summed E-state index contributed by atoms with van der Waals surface area (Å²) in [6, 6.07) is 9.76. The minimum atomic E-state index is 0.254. The lowest BCUT2D eigenvalue weighted by molar-refractivity contribution is 0.292. The first-order chi connectivity index (χ1) is 18.9. The number of fused-ring (bicyclic) bond motifs is 1. The average molecular weight is 527 g/mol. The van der Waals surface area contributed by atoms with E-state index in [2.05, 4.69) is 50.3 Å². The molecule has 204 valence electrons. The van der Waals surface area contributed by atoms with E-state index < -0.39 is 0 Å². The van der Waals surface area contributed by atoms with Gasteiger partial charge in [-0.1, -0.05) is 13.8 Å². The Kier molecular flexibility index (Phi) is 9.11. The van der Waals surface area contributed by atoms with Gasteiger partial charge in [-0.15, -0.1) is 0 Å². The molecule has 4 rings (SSSR count). The summed E-state index contributed by atoms with van der Waals surface area (Å²) in [7, 11) is 1.84. The zero-order valence-electron chi connectivity index (χ0n) is 22.9. The third-order valence-corrected chi connectivity index (χ3v) is 6.68. The van der Waals surface area contributed by atoms with E-state index in [4.69, 9.17) is 21.9 Å². The van der Waals surface area contributed by atoms with Gasteiger partial charge in [0.1, 0.15) is 11.6 Å². The second-order valence-corrected chi connectivity index (χ2v) is 9.80. The summed E-state index contributed by atoms with van der Waals surface area (Å²) in [5.41, 5.74) is 17.6. The van der Waals surface area contributed by atoms with Crippen molar-refractivity contribution in [2.24, 2.45) is 17.4 Å². The molecule has 1 aliphatic rings. The predicted molar refractivity (Wildman–Crippen MR) is 160 cm³/mol. The molecule has 7 N–H and O–H groups in total. The fourth-order valence-electron chi connectivity index (χ4n) is 4.50. The van der Waals surface area contributed by atoms with Gasteiger partial charge in [-0.05, 0) is 54.1 Å². The molecule has 0 amide bonds. The smallest absolute Gasteiger partial charge is 0.132 e. The molecule has 10 heteroatoms. The first kappa shape index (κ1) is 27.6. The van der Waals surface area contributed by atoms with Crippen LogP contribution in [-0.4, -0.2) is 65.3 Å². The molecule has 10 nitrogen and oxygen atoms in total. The van der Waals surface area contributed by atoms with Gasteiger partial charge in [-0.3, -0.25) is 14.9 Å². The lowest BCUT2D eigenvalue weighted by Gasteiger charge is -2.36. The Bertz CT molecular complexity index is 1370. The molecular weight excluding hydrogens is 488 g/mol. The van der Waals surface area contributed by atoms with Crippen molar-refractivity contribution in [3.8, 4) is 0 Å². The molecule has 3 aromatic rings. The van der Waals surface area contributed by atoms with Crippen LogP contribution in [0.25, 0.3) is 16.6 Å². The number of rotatable bonds is 10. The van der Waals surface area contributed by atoms with Crippen LogP contribution in [0.5, 0.6) is 0 Å². The zero-order chi connectivity index (χ0) is 27.8. The van der Waals surface area contributed by atoms with Crippen LogP contribution in [0.15, 0.2) is 78.8 Å². The van der Waals surface area contributed by atoms with Gasteiger partial charge in [-0.25, -0.2) is 4.98 Å². The topological polar surface area (TPSA) is 145 Å². The molecule has 0 aromatic carbocycles. The minimum absolute atomic E-state index is 0.254. The number of nitrogens with one attached hydrogen (secondary N) is 3. The molecule has 0 aliphatic carbocycles. The van der Waals surface area contributed by atoms with E-state index in [1.807, 2.05) is 49.8 Å². The van der Waals surface area contributed by atoms with Crippen molar-refractivity contribution in [2.75, 3.05) is 50.0 Å². The average Bonchev–Trinajstić information content (AvgIpc) is 2.95. The van der Waals surface area contributed by atoms with Crippen molar-refractivity contribution in [2.45, 2.75) is 13.8 Å². The normalized spacial score (nSPS) is 15.6. The number of piperazine rings is 1. The number of nitrogens with zero attached hydrogens (tertiary/aromatic N) is 5. The van der Waals surface area contributed by atoms with Crippen LogP contribution < -0.4 is 27.0 Å². The van der Waals surface area contributed by atoms with Crippen molar-refractivity contribution >= 4 is 33.8 Å². The SMILES string of the molecule is CN/C=C(\C(=N)CN1CCN(c2cccnc2)CC1)c1cnc2ccc(N/C(N)=C/C(=C\N)C(C)C)nc2c1. The van der Waals surface area contributed by atoms with Crippen molar-refractivity contribution in [1.82, 2.24) is 25.2 Å². The van der Waals surface area contributed by atoms with Crippen molar-refractivity contribution < 1.29 is 0 Å². The highest BCUT2D eigenvalue weighted by atomic mass is 15.3. The maximum Gasteiger partial charge on any atom is 0.132 e. The molecule has 0 spiro atoms. The van der Waals surface area contributed by atoms with E-state index >= 15 is 0 Å². The largest absolute Gasteiger partial charge is 0.404 e. The number of pyridine rings is 3. The molecule has 0 atom stereocenters. The van der Waals surface area contributed by atoms with Gasteiger partial charge in [0.25, 0.3) is 0 Å². The Morgan fingerprint density at radius 3 is 2.59 bits per heavy atom. The third-order valence-electron chi connectivity index (χ3n) is 6.68. The van der Waals surface area contributed by atoms with Crippen LogP contribution in [0.3, 0.4) is 0 Å². The number of hydrogen-bond donors (Lipinski definition) is 5. The molecule has 0 saturated carbocycles. The summed E-state index contributed by atoms with van der Waals surface area (Å²) in [6.07, 6.45) is 10.7. The lowest BCUT2D eigenvalue weighted by Crippen LogP contribution is -2.48. The Hall–Kier alpha value is -4.44. The van der Waals surface area contributed by atoms with E-state index in [-0.39, 0.29) is 5.92 Å². The number of nitrogens with two attached hydrogens (primary N) is 2. The van der Waals surface area contributed by atoms with E-state index in [0.717, 1.165) is 54.1 Å². The second kappa shape index (κ2) is 12.9. The van der Waals surface area contributed by atoms with E-state index in [1.165, 1.54) is 0 Å². The van der Waals surface area contributed by atoms with Gasteiger partial charge in [0, 0.05) is 69.5 Å². The molecule has 0 radical (unpaired) electrons. The van der Waals surface area contributed by atoms with E-state index in [9.17, 15) is 0 Å². The lowest BCUT2D eigenvalue weighted by atomic mass is 10.0. The Balaban J connectivity index is 1.47. The van der Waals surface area contributed by atoms with Crippen molar-refractivity contribution in [1.29, 1.82) is 5.41 Å². The third kappa shape index (κ3) is 7.11. The quantitative estimate of drug-likeness (QED) is 0.199. The maximum atomic E-state index is 8.92. The van der Waals surface area contributed by atoms with Crippen molar-refractivity contribution in [3.05, 3.63) is 84.4 Å². The summed E-state index contributed by atoms with van der Waals surface area (Å²) < 4.78 is 0. The Morgan fingerprint density at radius 1 is 1.13 bits per heavy atom. The van der Waals surface area contributed by atoms with Crippen LogP contribution in [0, 0.1) is 11.3 Å². The molecule has 0 unspecified atom stereocenters. The molecule has 3 aromatic heterocycles. The monoisotopic (exact) mass is 526 g/mol. The van der Waals surface area contributed by atoms with Gasteiger partial charge in [0.05, 0.1) is 28.6 Å². The molecular formula is C29H38N10. The van der Waals surface area contributed by atoms with Crippen LogP contribution in [-0.2, 0) is 0 Å². The van der Waals surface area contributed by atoms with Crippen LogP contribution in [0.4, 0.5) is 11.5 Å². The molecule has 0 bridgehead atoms. The highest BCUT2D eigenvalue weighted by Gasteiger charge is 2.20. The van der Waals surface area contributed by atoms with Gasteiger partial charge in [0.2, 0.25) is 0 Å². The van der Waals surface area contributed by atoms with Gasteiger partial charge >= 0.3 is 0 Å². The molecule has 4 heterocycles. The second-order valence-electron chi connectivity index (χ2n) is 9.80. The van der Waals surface area contributed by atoms with Gasteiger partial charge < -0.3 is 32.4 Å². The number of allylic oxidation sites excluding steroid dienone is 2. The first-order valence-electron chi connectivity index (χ1n) is 13.1. The van der Waals surface area contributed by atoms with Crippen LogP contribution >= 0.6 is 0 Å². The Labute approximate surface area is 230 Å². The zero-order valence-corrected chi connectivity index (χ0v) is 22.9. The summed E-state index contributed by atoms with van der Waals surface area (Å²) in [5.74, 6) is 1.32. The summed E-state index contributed by atoms with van der Waals surface area (Å²) in [5, 5.41) is 15.2. The fourth-order valence-corrected chi connectivity index (χ4v) is 4.50. The standard InChI is InChI=1S/C29H38N10/c1-20(2)21(15-30)14-28(32)37-29-7-6-26-27(36-29)13-22(16-35-26)24(18-33-3)25(31)19-38-9-11-39(12-10-38)23-5-4-8-34-17-23/h4-8,13-18,20,31,33H,9-12,19,30,32H2,1-3H3,(H,36,37)/b21-15+,24-18-,28-14+,31-25?. The molecule has 1 fully saturated rings. The molecule has 1 aliphatic heterocycles. The highest BCUT2D eigenvalue weighted by Crippen LogP contribution is 2.22. The van der Waals surface area contributed by atoms with Crippen molar-refractivity contribution in [3.63, 3.8) is 0 Å². The van der Waals surface area contributed by atoms with E-state index in [1.54, 1.807) is 18.6 Å².